The SMILES string of the molecule is NCC1CN(c2ccc(Br)cc2)C(=O)CS1. The normalized spacial score (nSPS) is 21.2. The van der Waals surface area contributed by atoms with Gasteiger partial charge in [0.2, 0.25) is 5.91 Å². The number of hydrogen-bond donors (Lipinski definition) is 1. The maximum atomic E-state index is 11.8. The van der Waals surface area contributed by atoms with E-state index >= 15 is 0 Å². The summed E-state index contributed by atoms with van der Waals surface area (Å²) < 4.78 is 1.02. The Kier molecular flexibility index (Phi) is 3.89. The van der Waals surface area contributed by atoms with Gasteiger partial charge in [0, 0.05) is 28.5 Å². The van der Waals surface area contributed by atoms with Crippen molar-refractivity contribution in [1.29, 1.82) is 0 Å². The zero-order valence-corrected chi connectivity index (χ0v) is 11.1. The molecular formula is C11H13BrN2OS. The quantitative estimate of drug-likeness (QED) is 0.907. The summed E-state index contributed by atoms with van der Waals surface area (Å²) in [4.78, 5) is 13.6. The van der Waals surface area contributed by atoms with Crippen molar-refractivity contribution < 1.29 is 4.79 Å². The molecule has 1 aliphatic heterocycles. The summed E-state index contributed by atoms with van der Waals surface area (Å²) in [5.74, 6) is 0.690. The van der Waals surface area contributed by atoms with Crippen LogP contribution in [0.1, 0.15) is 0 Å². The van der Waals surface area contributed by atoms with Crippen LogP contribution in [0.5, 0.6) is 0 Å². The molecule has 0 aromatic heterocycles. The number of thioether (sulfide) groups is 1. The van der Waals surface area contributed by atoms with Crippen LogP contribution in [0.25, 0.3) is 0 Å². The highest BCUT2D eigenvalue weighted by atomic mass is 79.9. The van der Waals surface area contributed by atoms with E-state index in [-0.39, 0.29) is 5.91 Å². The van der Waals surface area contributed by atoms with Gasteiger partial charge in [-0.05, 0) is 24.3 Å². The van der Waals surface area contributed by atoms with Crippen molar-refractivity contribution in [3.8, 4) is 0 Å². The molecule has 1 heterocycles. The third-order valence-electron chi connectivity index (χ3n) is 2.53. The minimum Gasteiger partial charge on any atom is -0.329 e. The van der Waals surface area contributed by atoms with Gasteiger partial charge >= 0.3 is 0 Å². The van der Waals surface area contributed by atoms with Crippen LogP contribution >= 0.6 is 27.7 Å². The Balaban J connectivity index is 2.17. The zero-order valence-electron chi connectivity index (χ0n) is 8.73. The largest absolute Gasteiger partial charge is 0.329 e. The number of hydrogen-bond acceptors (Lipinski definition) is 3. The Morgan fingerprint density at radius 1 is 1.44 bits per heavy atom. The van der Waals surface area contributed by atoms with E-state index in [9.17, 15) is 4.79 Å². The second-order valence-corrected chi connectivity index (χ2v) is 5.85. The highest BCUT2D eigenvalue weighted by Gasteiger charge is 2.26. The molecule has 1 unspecified atom stereocenters. The Morgan fingerprint density at radius 3 is 2.75 bits per heavy atom. The summed E-state index contributed by atoms with van der Waals surface area (Å²) in [5.41, 5.74) is 6.60. The summed E-state index contributed by atoms with van der Waals surface area (Å²) in [6, 6.07) is 7.79. The molecule has 1 aromatic rings. The number of anilines is 1. The molecule has 1 atom stereocenters. The molecule has 0 radical (unpaired) electrons. The van der Waals surface area contributed by atoms with Gasteiger partial charge < -0.3 is 10.6 Å². The van der Waals surface area contributed by atoms with Gasteiger partial charge in [0.15, 0.2) is 0 Å². The molecule has 16 heavy (non-hydrogen) atoms. The summed E-state index contributed by atoms with van der Waals surface area (Å²) in [7, 11) is 0. The van der Waals surface area contributed by atoms with Gasteiger partial charge in [0.1, 0.15) is 0 Å². The number of benzene rings is 1. The molecule has 2 rings (SSSR count). The van der Waals surface area contributed by atoms with Crippen LogP contribution in [-0.2, 0) is 4.79 Å². The maximum Gasteiger partial charge on any atom is 0.237 e. The van der Waals surface area contributed by atoms with Gasteiger partial charge in [0.05, 0.1) is 5.75 Å². The Labute approximate surface area is 108 Å². The van der Waals surface area contributed by atoms with Gasteiger partial charge in [-0.15, -0.1) is 11.8 Å². The van der Waals surface area contributed by atoms with Crippen LogP contribution in [0.2, 0.25) is 0 Å². The van der Waals surface area contributed by atoms with E-state index in [4.69, 9.17) is 5.73 Å². The van der Waals surface area contributed by atoms with E-state index < -0.39 is 0 Å². The number of nitrogens with zero attached hydrogens (tertiary/aromatic N) is 1. The standard InChI is InChI=1S/C11H13BrN2OS/c12-8-1-3-9(4-2-8)14-6-10(5-13)16-7-11(14)15/h1-4,10H,5-7,13H2. The third kappa shape index (κ3) is 2.59. The van der Waals surface area contributed by atoms with E-state index in [1.807, 2.05) is 29.2 Å². The van der Waals surface area contributed by atoms with Gasteiger partial charge in [0.25, 0.3) is 0 Å². The average Bonchev–Trinajstić information content (AvgIpc) is 2.31. The fraction of sp³-hybridized carbons (Fsp3) is 0.364. The van der Waals surface area contributed by atoms with Crippen molar-refractivity contribution >= 4 is 39.3 Å². The molecule has 5 heteroatoms. The number of rotatable bonds is 2. The monoisotopic (exact) mass is 300 g/mol. The Morgan fingerprint density at radius 2 is 2.12 bits per heavy atom. The lowest BCUT2D eigenvalue weighted by Crippen LogP contribution is -2.44. The van der Waals surface area contributed by atoms with Crippen molar-refractivity contribution in [3.63, 3.8) is 0 Å². The number of nitrogens with two attached hydrogens (primary N) is 1. The molecule has 0 aliphatic carbocycles. The van der Waals surface area contributed by atoms with Crippen LogP contribution in [0, 0.1) is 0 Å². The van der Waals surface area contributed by atoms with Crippen molar-refractivity contribution in [2.45, 2.75) is 5.25 Å². The van der Waals surface area contributed by atoms with E-state index in [1.54, 1.807) is 11.8 Å². The smallest absolute Gasteiger partial charge is 0.237 e. The first-order chi connectivity index (χ1) is 7.70. The number of halogens is 1. The predicted molar refractivity (Wildman–Crippen MR) is 71.8 cm³/mol. The summed E-state index contributed by atoms with van der Waals surface area (Å²) in [6.07, 6.45) is 0. The van der Waals surface area contributed by atoms with Gasteiger partial charge in [-0.3, -0.25) is 4.79 Å². The number of amides is 1. The second kappa shape index (κ2) is 5.21. The molecule has 0 spiro atoms. The minimum absolute atomic E-state index is 0.164. The molecule has 1 saturated heterocycles. The minimum atomic E-state index is 0.164. The first-order valence-corrected chi connectivity index (χ1v) is 6.92. The Bertz CT molecular complexity index is 382. The predicted octanol–water partition coefficient (Wildman–Crippen LogP) is 1.86. The zero-order chi connectivity index (χ0) is 11.5. The van der Waals surface area contributed by atoms with Crippen molar-refractivity contribution in [2.75, 3.05) is 23.7 Å². The van der Waals surface area contributed by atoms with Gasteiger partial charge in [-0.2, -0.15) is 0 Å². The van der Waals surface area contributed by atoms with E-state index in [0.717, 1.165) is 10.2 Å². The summed E-state index contributed by atoms with van der Waals surface area (Å²) >= 11 is 5.03. The first kappa shape index (κ1) is 12.0. The number of carbonyl (C=O) groups excluding carboxylic acids is 1. The number of carbonyl (C=O) groups is 1. The summed E-state index contributed by atoms with van der Waals surface area (Å²) in [6.45, 7) is 1.33. The first-order valence-electron chi connectivity index (χ1n) is 5.08. The molecule has 0 saturated carbocycles. The van der Waals surface area contributed by atoms with Crippen LogP contribution in [0.3, 0.4) is 0 Å². The third-order valence-corrected chi connectivity index (χ3v) is 4.29. The lowest BCUT2D eigenvalue weighted by atomic mass is 10.2. The van der Waals surface area contributed by atoms with E-state index in [0.29, 0.717) is 24.1 Å². The van der Waals surface area contributed by atoms with Crippen molar-refractivity contribution in [1.82, 2.24) is 0 Å². The van der Waals surface area contributed by atoms with E-state index in [1.165, 1.54) is 0 Å². The second-order valence-electron chi connectivity index (χ2n) is 3.65. The van der Waals surface area contributed by atoms with Gasteiger partial charge in [-0.25, -0.2) is 0 Å². The Hall–Kier alpha value is -0.520. The average molecular weight is 301 g/mol. The van der Waals surface area contributed by atoms with Crippen molar-refractivity contribution in [2.24, 2.45) is 5.73 Å². The molecule has 86 valence electrons. The van der Waals surface area contributed by atoms with Crippen LogP contribution < -0.4 is 10.6 Å². The maximum absolute atomic E-state index is 11.8. The highest BCUT2D eigenvalue weighted by Crippen LogP contribution is 2.25. The van der Waals surface area contributed by atoms with Crippen LogP contribution in [-0.4, -0.2) is 30.0 Å². The molecule has 2 N–H and O–H groups in total. The van der Waals surface area contributed by atoms with E-state index in [2.05, 4.69) is 15.9 Å². The van der Waals surface area contributed by atoms with Gasteiger partial charge in [-0.1, -0.05) is 15.9 Å². The molecular weight excluding hydrogens is 288 g/mol. The molecule has 1 aliphatic rings. The fourth-order valence-corrected chi connectivity index (χ4v) is 2.83. The lowest BCUT2D eigenvalue weighted by molar-refractivity contribution is -0.116. The lowest BCUT2D eigenvalue weighted by Gasteiger charge is -2.31. The van der Waals surface area contributed by atoms with Crippen LogP contribution in [0.4, 0.5) is 5.69 Å². The van der Waals surface area contributed by atoms with Crippen molar-refractivity contribution in [3.05, 3.63) is 28.7 Å². The molecule has 1 amide bonds. The topological polar surface area (TPSA) is 46.3 Å². The van der Waals surface area contributed by atoms with Crippen LogP contribution in [0.15, 0.2) is 28.7 Å². The molecule has 0 bridgehead atoms. The molecule has 1 fully saturated rings. The fourth-order valence-electron chi connectivity index (χ4n) is 1.64. The summed E-state index contributed by atoms with van der Waals surface area (Å²) in [5, 5.41) is 0.348. The molecule has 1 aromatic carbocycles. The highest BCUT2D eigenvalue weighted by molar-refractivity contribution is 9.10. The molecule has 3 nitrogen and oxygen atoms in total.